The van der Waals surface area contributed by atoms with E-state index in [9.17, 15) is 0 Å². The van der Waals surface area contributed by atoms with E-state index in [0.29, 0.717) is 5.96 Å². The van der Waals surface area contributed by atoms with E-state index in [2.05, 4.69) is 22.2 Å². The molecular formula is C15H23N3O. The second-order valence-electron chi connectivity index (χ2n) is 4.57. The Kier molecular flexibility index (Phi) is 6.06. The molecule has 0 aliphatic heterocycles. The molecule has 0 atom stereocenters. The van der Waals surface area contributed by atoms with E-state index in [-0.39, 0.29) is 6.10 Å². The molecular weight excluding hydrogens is 238 g/mol. The van der Waals surface area contributed by atoms with Crippen LogP contribution < -0.4 is 10.1 Å². The van der Waals surface area contributed by atoms with Gasteiger partial charge in [-0.1, -0.05) is 13.0 Å². The van der Waals surface area contributed by atoms with Gasteiger partial charge in [-0.2, -0.15) is 0 Å². The number of anilines is 1. The van der Waals surface area contributed by atoms with Gasteiger partial charge >= 0.3 is 0 Å². The maximum atomic E-state index is 5.66. The van der Waals surface area contributed by atoms with E-state index in [1.54, 1.807) is 7.05 Å². The van der Waals surface area contributed by atoms with Gasteiger partial charge in [-0.05, 0) is 39.3 Å². The number of benzene rings is 1. The summed E-state index contributed by atoms with van der Waals surface area (Å²) >= 11 is 0. The third kappa shape index (κ3) is 5.55. The van der Waals surface area contributed by atoms with Gasteiger partial charge < -0.3 is 10.1 Å². The van der Waals surface area contributed by atoms with Crippen molar-refractivity contribution in [3.05, 3.63) is 24.3 Å². The van der Waals surface area contributed by atoms with Gasteiger partial charge in [0.2, 0.25) is 5.96 Å². The van der Waals surface area contributed by atoms with Crippen molar-refractivity contribution in [2.24, 2.45) is 9.98 Å². The molecule has 1 aromatic rings. The van der Waals surface area contributed by atoms with E-state index >= 15 is 0 Å². The predicted molar refractivity (Wildman–Crippen MR) is 82.6 cm³/mol. The Hall–Kier alpha value is -1.84. The fourth-order valence-electron chi connectivity index (χ4n) is 1.44. The van der Waals surface area contributed by atoms with Gasteiger partial charge in [0.1, 0.15) is 5.75 Å². The number of aliphatic imine (C=N–C) groups is 2. The monoisotopic (exact) mass is 261 g/mol. The maximum absolute atomic E-state index is 5.66. The first-order chi connectivity index (χ1) is 9.05. The highest BCUT2D eigenvalue weighted by molar-refractivity contribution is 6.02. The molecule has 0 aliphatic rings. The van der Waals surface area contributed by atoms with E-state index in [1.165, 1.54) is 0 Å². The van der Waals surface area contributed by atoms with Gasteiger partial charge in [-0.3, -0.25) is 4.99 Å². The van der Waals surface area contributed by atoms with Gasteiger partial charge in [0.15, 0.2) is 0 Å². The summed E-state index contributed by atoms with van der Waals surface area (Å²) in [7, 11) is 1.73. The molecule has 0 saturated heterocycles. The standard InChI is InChI=1S/C15H23N3O/c1-6-12(4)17-15(16-5)18-13-8-7-9-14(10-13)19-11(2)3/h7-11H,6H2,1-5H3,(H,16,18)/b17-12-. The Balaban J connectivity index is 2.81. The van der Waals surface area contributed by atoms with Crippen LogP contribution in [0.4, 0.5) is 5.69 Å². The van der Waals surface area contributed by atoms with Crippen LogP contribution in [0.25, 0.3) is 0 Å². The molecule has 1 rings (SSSR count). The van der Waals surface area contributed by atoms with Gasteiger partial charge in [0.05, 0.1) is 6.10 Å². The lowest BCUT2D eigenvalue weighted by Gasteiger charge is -2.12. The second-order valence-corrected chi connectivity index (χ2v) is 4.57. The van der Waals surface area contributed by atoms with Gasteiger partial charge in [0.25, 0.3) is 0 Å². The molecule has 4 heteroatoms. The summed E-state index contributed by atoms with van der Waals surface area (Å²) in [6, 6.07) is 7.80. The minimum atomic E-state index is 0.162. The first kappa shape index (κ1) is 15.2. The number of hydrogen-bond acceptors (Lipinski definition) is 2. The SMILES string of the molecule is CC/C(C)=N\C(=NC)Nc1cccc(OC(C)C)c1. The summed E-state index contributed by atoms with van der Waals surface area (Å²) in [5.41, 5.74) is 1.97. The zero-order chi connectivity index (χ0) is 14.3. The fraction of sp³-hybridized carbons (Fsp3) is 0.467. The van der Waals surface area contributed by atoms with Crippen LogP contribution in [0.1, 0.15) is 34.1 Å². The third-order valence-corrected chi connectivity index (χ3v) is 2.48. The van der Waals surface area contributed by atoms with Gasteiger partial charge in [-0.25, -0.2) is 4.99 Å². The Labute approximate surface area is 115 Å². The highest BCUT2D eigenvalue weighted by Crippen LogP contribution is 2.18. The van der Waals surface area contributed by atoms with Crippen LogP contribution in [0, 0.1) is 0 Å². The van der Waals surface area contributed by atoms with Crippen LogP contribution in [0.2, 0.25) is 0 Å². The maximum Gasteiger partial charge on any atom is 0.222 e. The van der Waals surface area contributed by atoms with Crippen molar-refractivity contribution in [1.82, 2.24) is 0 Å². The summed E-state index contributed by atoms with van der Waals surface area (Å²) in [6.45, 7) is 8.08. The molecule has 0 bridgehead atoms. The molecule has 1 N–H and O–H groups in total. The Morgan fingerprint density at radius 2 is 2.11 bits per heavy atom. The molecule has 0 heterocycles. The highest BCUT2D eigenvalue weighted by atomic mass is 16.5. The van der Waals surface area contributed by atoms with Crippen molar-refractivity contribution in [3.8, 4) is 5.75 Å². The molecule has 104 valence electrons. The fourth-order valence-corrected chi connectivity index (χ4v) is 1.44. The molecule has 0 aromatic heterocycles. The minimum absolute atomic E-state index is 0.162. The van der Waals surface area contributed by atoms with Crippen molar-refractivity contribution >= 4 is 17.4 Å². The first-order valence-corrected chi connectivity index (χ1v) is 6.59. The predicted octanol–water partition coefficient (Wildman–Crippen LogP) is 3.74. The van der Waals surface area contributed by atoms with Crippen LogP contribution in [-0.4, -0.2) is 24.8 Å². The van der Waals surface area contributed by atoms with E-state index in [0.717, 1.165) is 23.6 Å². The van der Waals surface area contributed by atoms with Crippen molar-refractivity contribution in [3.63, 3.8) is 0 Å². The number of nitrogens with one attached hydrogen (secondary N) is 1. The molecule has 0 aliphatic carbocycles. The Bertz CT molecular complexity index is 464. The first-order valence-electron chi connectivity index (χ1n) is 6.59. The second kappa shape index (κ2) is 7.56. The number of nitrogens with zero attached hydrogens (tertiary/aromatic N) is 2. The summed E-state index contributed by atoms with van der Waals surface area (Å²) in [5, 5.41) is 3.19. The lowest BCUT2D eigenvalue weighted by molar-refractivity contribution is 0.242. The number of ether oxygens (including phenoxy) is 1. The van der Waals surface area contributed by atoms with Gasteiger partial charge in [-0.15, -0.1) is 0 Å². The summed E-state index contributed by atoms with van der Waals surface area (Å²) in [5.74, 6) is 1.45. The molecule has 0 radical (unpaired) electrons. The molecule has 0 unspecified atom stereocenters. The van der Waals surface area contributed by atoms with Crippen LogP contribution >= 0.6 is 0 Å². The highest BCUT2D eigenvalue weighted by Gasteiger charge is 2.02. The largest absolute Gasteiger partial charge is 0.491 e. The van der Waals surface area contributed by atoms with E-state index in [4.69, 9.17) is 4.74 Å². The van der Waals surface area contributed by atoms with Crippen molar-refractivity contribution < 1.29 is 4.74 Å². The zero-order valence-corrected chi connectivity index (χ0v) is 12.4. The quantitative estimate of drug-likeness (QED) is 0.663. The smallest absolute Gasteiger partial charge is 0.222 e. The summed E-state index contributed by atoms with van der Waals surface area (Å²) < 4.78 is 5.66. The lowest BCUT2D eigenvalue weighted by atomic mass is 10.3. The average Bonchev–Trinajstić information content (AvgIpc) is 2.37. The Morgan fingerprint density at radius 3 is 2.68 bits per heavy atom. The summed E-state index contributed by atoms with van der Waals surface area (Å²) in [4.78, 5) is 8.55. The number of rotatable bonds is 4. The molecule has 0 saturated carbocycles. The molecule has 1 aromatic carbocycles. The van der Waals surface area contributed by atoms with Crippen molar-refractivity contribution in [2.45, 2.75) is 40.2 Å². The molecule has 0 amide bonds. The topological polar surface area (TPSA) is 46.0 Å². The van der Waals surface area contributed by atoms with Crippen molar-refractivity contribution in [1.29, 1.82) is 0 Å². The zero-order valence-electron chi connectivity index (χ0n) is 12.4. The summed E-state index contributed by atoms with van der Waals surface area (Å²) in [6.07, 6.45) is 1.08. The third-order valence-electron chi connectivity index (χ3n) is 2.48. The molecule has 0 spiro atoms. The Morgan fingerprint density at radius 1 is 1.37 bits per heavy atom. The van der Waals surface area contributed by atoms with Gasteiger partial charge in [0, 0.05) is 24.5 Å². The molecule has 0 fully saturated rings. The average molecular weight is 261 g/mol. The minimum Gasteiger partial charge on any atom is -0.491 e. The lowest BCUT2D eigenvalue weighted by Crippen LogP contribution is -2.12. The van der Waals surface area contributed by atoms with Crippen LogP contribution in [0.15, 0.2) is 34.3 Å². The number of hydrogen-bond donors (Lipinski definition) is 1. The van der Waals surface area contributed by atoms with Crippen LogP contribution in [0.5, 0.6) is 5.75 Å². The number of guanidine groups is 1. The van der Waals surface area contributed by atoms with Crippen molar-refractivity contribution in [2.75, 3.05) is 12.4 Å². The van der Waals surface area contributed by atoms with Crippen LogP contribution in [0.3, 0.4) is 0 Å². The van der Waals surface area contributed by atoms with E-state index < -0.39 is 0 Å². The molecule has 19 heavy (non-hydrogen) atoms. The van der Waals surface area contributed by atoms with Crippen LogP contribution in [-0.2, 0) is 0 Å². The van der Waals surface area contributed by atoms with E-state index in [1.807, 2.05) is 45.0 Å². The molecule has 4 nitrogen and oxygen atoms in total. The normalized spacial score (nSPS) is 12.7.